The molecule has 0 radical (unpaired) electrons. The number of thioether (sulfide) groups is 1. The molecule has 1 fully saturated rings. The van der Waals surface area contributed by atoms with Gasteiger partial charge >= 0.3 is 12.0 Å². The van der Waals surface area contributed by atoms with Crippen LogP contribution in [0.2, 0.25) is 0 Å². The second-order valence-corrected chi connectivity index (χ2v) is 7.31. The van der Waals surface area contributed by atoms with Gasteiger partial charge in [0.25, 0.3) is 0 Å². The zero-order valence-corrected chi connectivity index (χ0v) is 15.7. The Kier molecular flexibility index (Phi) is 6.05. The van der Waals surface area contributed by atoms with E-state index in [1.165, 1.54) is 7.11 Å². The summed E-state index contributed by atoms with van der Waals surface area (Å²) in [6, 6.07) is 6.41. The summed E-state index contributed by atoms with van der Waals surface area (Å²) < 4.78 is 10.3. The highest BCUT2D eigenvalue weighted by atomic mass is 32.2. The molecule has 2 heterocycles. The van der Waals surface area contributed by atoms with E-state index in [0.29, 0.717) is 23.6 Å². The van der Waals surface area contributed by atoms with Crippen LogP contribution in [0.3, 0.4) is 0 Å². The van der Waals surface area contributed by atoms with E-state index in [4.69, 9.17) is 9.47 Å². The van der Waals surface area contributed by atoms with Gasteiger partial charge in [-0.15, -0.1) is 0 Å². The van der Waals surface area contributed by atoms with Gasteiger partial charge in [0, 0.05) is 36.8 Å². The van der Waals surface area contributed by atoms with Crippen LogP contribution in [0.1, 0.15) is 11.6 Å². The molecular formula is C18H23N3O4S. The number of esters is 1. The van der Waals surface area contributed by atoms with Crippen molar-refractivity contribution in [2.75, 3.05) is 45.4 Å². The van der Waals surface area contributed by atoms with E-state index in [1.807, 2.05) is 36.0 Å². The van der Waals surface area contributed by atoms with Gasteiger partial charge in [0.05, 0.1) is 25.8 Å². The topological polar surface area (TPSA) is 79.9 Å². The number of urea groups is 1. The zero-order chi connectivity index (χ0) is 18.5. The number of methoxy groups -OCH3 is 2. The van der Waals surface area contributed by atoms with E-state index in [0.717, 1.165) is 30.2 Å². The number of benzene rings is 1. The summed E-state index contributed by atoms with van der Waals surface area (Å²) in [7, 11) is 2.93. The Morgan fingerprint density at radius 1 is 1.31 bits per heavy atom. The van der Waals surface area contributed by atoms with E-state index in [9.17, 15) is 9.59 Å². The van der Waals surface area contributed by atoms with Gasteiger partial charge in [0.2, 0.25) is 0 Å². The Balaban J connectivity index is 1.98. The number of nitrogens with one attached hydrogen (secondary N) is 2. The normalized spacial score (nSPS) is 21.0. The van der Waals surface area contributed by atoms with Crippen LogP contribution in [0.25, 0.3) is 0 Å². The minimum Gasteiger partial charge on any atom is -0.497 e. The molecule has 26 heavy (non-hydrogen) atoms. The molecule has 1 aromatic rings. The molecule has 0 aliphatic carbocycles. The van der Waals surface area contributed by atoms with E-state index in [2.05, 4.69) is 15.5 Å². The first kappa shape index (κ1) is 18.6. The van der Waals surface area contributed by atoms with Gasteiger partial charge in [-0.1, -0.05) is 12.1 Å². The minimum absolute atomic E-state index is 0.327. The fourth-order valence-electron chi connectivity index (χ4n) is 3.15. The van der Waals surface area contributed by atoms with Gasteiger partial charge in [0.1, 0.15) is 5.75 Å². The average molecular weight is 377 g/mol. The van der Waals surface area contributed by atoms with Gasteiger partial charge in [-0.25, -0.2) is 9.59 Å². The van der Waals surface area contributed by atoms with Crippen LogP contribution in [0.5, 0.6) is 5.75 Å². The summed E-state index contributed by atoms with van der Waals surface area (Å²) in [5.74, 6) is 2.31. The van der Waals surface area contributed by atoms with Crippen molar-refractivity contribution >= 4 is 23.8 Å². The number of hydrogen-bond donors (Lipinski definition) is 2. The molecule has 2 aliphatic rings. The fraction of sp³-hybridized carbons (Fsp3) is 0.444. The summed E-state index contributed by atoms with van der Waals surface area (Å²) in [6.07, 6.45) is 0. The molecular weight excluding hydrogens is 354 g/mol. The third kappa shape index (κ3) is 4.13. The van der Waals surface area contributed by atoms with E-state index in [-0.39, 0.29) is 6.03 Å². The Labute approximate surface area is 157 Å². The lowest BCUT2D eigenvalue weighted by atomic mass is 9.94. The number of carbonyl (C=O) groups is 2. The van der Waals surface area contributed by atoms with E-state index in [1.54, 1.807) is 7.11 Å². The second kappa shape index (κ2) is 8.46. The zero-order valence-electron chi connectivity index (χ0n) is 14.9. The number of carbonyl (C=O) groups excluding carboxylic acids is 2. The summed E-state index contributed by atoms with van der Waals surface area (Å²) in [6.45, 7) is 2.37. The number of ether oxygens (including phenoxy) is 2. The van der Waals surface area contributed by atoms with Gasteiger partial charge in [-0.05, 0) is 17.7 Å². The van der Waals surface area contributed by atoms with E-state index >= 15 is 0 Å². The molecule has 140 valence electrons. The smallest absolute Gasteiger partial charge is 0.338 e. The molecule has 2 amide bonds. The van der Waals surface area contributed by atoms with Crippen LogP contribution < -0.4 is 15.4 Å². The number of nitrogens with zero attached hydrogens (tertiary/aromatic N) is 1. The Morgan fingerprint density at radius 2 is 2.08 bits per heavy atom. The quantitative estimate of drug-likeness (QED) is 0.758. The fourth-order valence-corrected chi connectivity index (χ4v) is 4.13. The minimum atomic E-state index is -0.583. The van der Waals surface area contributed by atoms with Crippen molar-refractivity contribution in [1.29, 1.82) is 0 Å². The van der Waals surface area contributed by atoms with Gasteiger partial charge in [-0.2, -0.15) is 11.8 Å². The highest BCUT2D eigenvalue weighted by Crippen LogP contribution is 2.30. The van der Waals surface area contributed by atoms with Gasteiger partial charge in [0.15, 0.2) is 0 Å². The molecule has 0 bridgehead atoms. The lowest BCUT2D eigenvalue weighted by molar-refractivity contribution is -0.136. The summed E-state index contributed by atoms with van der Waals surface area (Å²) in [4.78, 5) is 27.0. The molecule has 2 N–H and O–H groups in total. The molecule has 0 aromatic heterocycles. The maximum Gasteiger partial charge on any atom is 0.338 e. The molecule has 1 atom stereocenters. The van der Waals surface area contributed by atoms with Gasteiger partial charge in [-0.3, -0.25) is 4.90 Å². The number of hydrogen-bond acceptors (Lipinski definition) is 6. The maximum atomic E-state index is 12.5. The Bertz CT molecular complexity index is 716. The van der Waals surface area contributed by atoms with Crippen molar-refractivity contribution in [2.24, 2.45) is 0 Å². The van der Waals surface area contributed by atoms with Crippen LogP contribution in [0.4, 0.5) is 4.79 Å². The number of rotatable bonds is 5. The highest BCUT2D eigenvalue weighted by Gasteiger charge is 2.34. The largest absolute Gasteiger partial charge is 0.497 e. The van der Waals surface area contributed by atoms with Crippen molar-refractivity contribution in [1.82, 2.24) is 15.5 Å². The molecule has 1 aromatic carbocycles. The third-order valence-electron chi connectivity index (χ3n) is 4.47. The molecule has 3 rings (SSSR count). The average Bonchev–Trinajstić information content (AvgIpc) is 2.68. The first-order chi connectivity index (χ1) is 12.6. The summed E-state index contributed by atoms with van der Waals surface area (Å²) in [5.41, 5.74) is 1.80. The van der Waals surface area contributed by atoms with Crippen molar-refractivity contribution in [3.63, 3.8) is 0 Å². The molecule has 1 saturated heterocycles. The second-order valence-electron chi connectivity index (χ2n) is 6.08. The van der Waals surface area contributed by atoms with Crippen LogP contribution >= 0.6 is 11.8 Å². The van der Waals surface area contributed by atoms with Crippen molar-refractivity contribution in [3.05, 3.63) is 41.1 Å². The molecule has 1 unspecified atom stereocenters. The Hall–Kier alpha value is -2.19. The standard InChI is InChI=1S/C18H23N3O4S/c1-24-13-5-3-4-12(10-13)16-15(17(22)25-2)14(19-18(23)20-16)11-21-6-8-26-9-7-21/h3-5,10,16H,6-9,11H2,1-2H3,(H2,19,20,23). The number of amides is 2. The van der Waals surface area contributed by atoms with Crippen molar-refractivity contribution < 1.29 is 19.1 Å². The first-order valence-corrected chi connectivity index (χ1v) is 9.60. The van der Waals surface area contributed by atoms with Crippen LogP contribution in [0, 0.1) is 0 Å². The molecule has 0 spiro atoms. The van der Waals surface area contributed by atoms with Crippen molar-refractivity contribution in [2.45, 2.75) is 6.04 Å². The molecule has 0 saturated carbocycles. The predicted octanol–water partition coefficient (Wildman–Crippen LogP) is 1.52. The Morgan fingerprint density at radius 3 is 2.77 bits per heavy atom. The molecule has 7 nitrogen and oxygen atoms in total. The lowest BCUT2D eigenvalue weighted by Crippen LogP contribution is -2.49. The van der Waals surface area contributed by atoms with Crippen LogP contribution in [-0.2, 0) is 9.53 Å². The highest BCUT2D eigenvalue weighted by molar-refractivity contribution is 7.99. The lowest BCUT2D eigenvalue weighted by Gasteiger charge is -2.33. The molecule has 2 aliphatic heterocycles. The maximum absolute atomic E-state index is 12.5. The van der Waals surface area contributed by atoms with Crippen LogP contribution in [0.15, 0.2) is 35.5 Å². The first-order valence-electron chi connectivity index (χ1n) is 8.45. The third-order valence-corrected chi connectivity index (χ3v) is 5.41. The molecule has 8 heteroatoms. The van der Waals surface area contributed by atoms with E-state index < -0.39 is 12.0 Å². The predicted molar refractivity (Wildman–Crippen MR) is 100 cm³/mol. The SMILES string of the molecule is COC(=O)C1=C(CN2CCSCC2)NC(=O)NC1c1cccc(OC)c1. The summed E-state index contributed by atoms with van der Waals surface area (Å²) >= 11 is 1.91. The van der Waals surface area contributed by atoms with Gasteiger partial charge < -0.3 is 20.1 Å². The van der Waals surface area contributed by atoms with Crippen LogP contribution in [-0.4, -0.2) is 62.3 Å². The summed E-state index contributed by atoms with van der Waals surface area (Å²) in [5, 5.41) is 5.64. The van der Waals surface area contributed by atoms with Crippen molar-refractivity contribution in [3.8, 4) is 5.75 Å². The monoisotopic (exact) mass is 377 g/mol.